The lowest BCUT2D eigenvalue weighted by atomic mass is 10.2. The first kappa shape index (κ1) is 12.9. The van der Waals surface area contributed by atoms with Crippen LogP contribution in [0, 0.1) is 5.92 Å². The second kappa shape index (κ2) is 5.47. The van der Waals surface area contributed by atoms with Crippen molar-refractivity contribution in [1.29, 1.82) is 0 Å². The normalized spacial score (nSPS) is 22.5. The van der Waals surface area contributed by atoms with Gasteiger partial charge in [-0.1, -0.05) is 6.07 Å². The van der Waals surface area contributed by atoms with Gasteiger partial charge < -0.3 is 10.0 Å². The summed E-state index contributed by atoms with van der Waals surface area (Å²) in [5, 5.41) is 9.49. The van der Waals surface area contributed by atoms with Crippen molar-refractivity contribution >= 4 is 5.82 Å². The Hall–Kier alpha value is -1.13. The average molecular weight is 261 g/mol. The summed E-state index contributed by atoms with van der Waals surface area (Å²) >= 11 is 0. The van der Waals surface area contributed by atoms with Crippen molar-refractivity contribution in [2.24, 2.45) is 5.92 Å². The lowest BCUT2D eigenvalue weighted by Gasteiger charge is -2.35. The first-order chi connectivity index (χ1) is 9.22. The lowest BCUT2D eigenvalue weighted by molar-refractivity contribution is 0.199. The van der Waals surface area contributed by atoms with Crippen molar-refractivity contribution in [3.8, 4) is 0 Å². The first-order valence-corrected chi connectivity index (χ1v) is 7.33. The Labute approximate surface area is 115 Å². The molecule has 2 fully saturated rings. The Morgan fingerprint density at radius 2 is 2.00 bits per heavy atom. The van der Waals surface area contributed by atoms with E-state index in [4.69, 9.17) is 0 Å². The van der Waals surface area contributed by atoms with E-state index in [1.165, 1.54) is 19.4 Å². The third-order valence-electron chi connectivity index (χ3n) is 4.16. The van der Waals surface area contributed by atoms with Gasteiger partial charge >= 0.3 is 0 Å². The summed E-state index contributed by atoms with van der Waals surface area (Å²) in [5.74, 6) is 2.02. The molecule has 1 N–H and O–H groups in total. The van der Waals surface area contributed by atoms with E-state index in [1.807, 2.05) is 12.1 Å². The Balaban J connectivity index is 1.55. The molecule has 0 aromatic carbocycles. The van der Waals surface area contributed by atoms with Crippen LogP contribution in [-0.4, -0.2) is 47.7 Å². The number of rotatable bonds is 4. The minimum Gasteiger partial charge on any atom is -0.389 e. The van der Waals surface area contributed by atoms with Crippen molar-refractivity contribution < 1.29 is 5.11 Å². The van der Waals surface area contributed by atoms with E-state index in [0.29, 0.717) is 0 Å². The van der Waals surface area contributed by atoms with Crippen LogP contribution in [0.3, 0.4) is 0 Å². The highest BCUT2D eigenvalue weighted by molar-refractivity contribution is 5.40. The smallest absolute Gasteiger partial charge is 0.128 e. The van der Waals surface area contributed by atoms with Gasteiger partial charge in [-0.15, -0.1) is 0 Å². The van der Waals surface area contributed by atoms with E-state index in [1.54, 1.807) is 13.1 Å². The summed E-state index contributed by atoms with van der Waals surface area (Å²) in [6.45, 7) is 7.49. The molecule has 0 unspecified atom stereocenters. The van der Waals surface area contributed by atoms with Crippen LogP contribution in [0.15, 0.2) is 18.3 Å². The Morgan fingerprint density at radius 1 is 1.26 bits per heavy atom. The summed E-state index contributed by atoms with van der Waals surface area (Å²) in [4.78, 5) is 9.39. The summed E-state index contributed by atoms with van der Waals surface area (Å²) in [7, 11) is 0. The van der Waals surface area contributed by atoms with Crippen LogP contribution in [0.1, 0.15) is 31.4 Å². The topological polar surface area (TPSA) is 39.6 Å². The number of aromatic nitrogens is 1. The zero-order valence-corrected chi connectivity index (χ0v) is 11.6. The SMILES string of the molecule is C[C@H](O)c1ccc(N2CCN(CC3CC3)CC2)nc1. The third-order valence-corrected chi connectivity index (χ3v) is 4.16. The summed E-state index contributed by atoms with van der Waals surface area (Å²) < 4.78 is 0. The van der Waals surface area contributed by atoms with E-state index in [9.17, 15) is 5.11 Å². The van der Waals surface area contributed by atoms with E-state index in [0.717, 1.165) is 43.5 Å². The fourth-order valence-corrected chi connectivity index (χ4v) is 2.66. The van der Waals surface area contributed by atoms with E-state index in [-0.39, 0.29) is 0 Å². The van der Waals surface area contributed by atoms with Crippen LogP contribution in [-0.2, 0) is 0 Å². The third kappa shape index (κ3) is 3.25. The van der Waals surface area contributed by atoms with Gasteiger partial charge in [-0.25, -0.2) is 4.98 Å². The Kier molecular flexibility index (Phi) is 3.71. The number of pyridine rings is 1. The minimum absolute atomic E-state index is 0.433. The predicted octanol–water partition coefficient (Wildman–Crippen LogP) is 1.67. The number of piperazine rings is 1. The standard InChI is InChI=1S/C15H23N3O/c1-12(19)14-4-5-15(16-10-14)18-8-6-17(7-9-18)11-13-2-3-13/h4-5,10,12-13,19H,2-3,6-9,11H2,1H3/t12-/m0/s1. The number of nitrogens with zero attached hydrogens (tertiary/aromatic N) is 3. The van der Waals surface area contributed by atoms with E-state index >= 15 is 0 Å². The molecule has 2 aliphatic rings. The summed E-state index contributed by atoms with van der Waals surface area (Å²) in [6, 6.07) is 4.00. The first-order valence-electron chi connectivity index (χ1n) is 7.33. The molecule has 0 radical (unpaired) electrons. The second-order valence-electron chi connectivity index (χ2n) is 5.86. The molecule has 0 spiro atoms. The molecule has 0 bridgehead atoms. The zero-order chi connectivity index (χ0) is 13.2. The molecular formula is C15H23N3O. The molecule has 1 aromatic heterocycles. The molecule has 4 heteroatoms. The molecule has 3 rings (SSSR count). The molecule has 104 valence electrons. The highest BCUT2D eigenvalue weighted by Gasteiger charge is 2.26. The van der Waals surface area contributed by atoms with Gasteiger partial charge in [0.25, 0.3) is 0 Å². The van der Waals surface area contributed by atoms with Gasteiger partial charge in [-0.3, -0.25) is 4.90 Å². The fourth-order valence-electron chi connectivity index (χ4n) is 2.66. The van der Waals surface area contributed by atoms with Crippen molar-refractivity contribution in [3.63, 3.8) is 0 Å². The molecule has 1 atom stereocenters. The van der Waals surface area contributed by atoms with Gasteiger partial charge in [0.05, 0.1) is 6.10 Å². The Morgan fingerprint density at radius 3 is 2.53 bits per heavy atom. The fraction of sp³-hybridized carbons (Fsp3) is 0.667. The van der Waals surface area contributed by atoms with Gasteiger partial charge in [0.1, 0.15) is 5.82 Å². The molecule has 2 heterocycles. The number of aliphatic hydroxyl groups is 1. The van der Waals surface area contributed by atoms with Gasteiger partial charge in [0.15, 0.2) is 0 Å². The maximum absolute atomic E-state index is 9.49. The molecule has 0 amide bonds. The molecule has 4 nitrogen and oxygen atoms in total. The summed E-state index contributed by atoms with van der Waals surface area (Å²) in [6.07, 6.45) is 4.22. The maximum atomic E-state index is 9.49. The van der Waals surface area contributed by atoms with Crippen LogP contribution in [0.4, 0.5) is 5.82 Å². The maximum Gasteiger partial charge on any atom is 0.128 e. The van der Waals surface area contributed by atoms with E-state index < -0.39 is 6.10 Å². The Bertz CT molecular complexity index is 406. The predicted molar refractivity (Wildman–Crippen MR) is 76.2 cm³/mol. The molecule has 1 aromatic rings. The molecule has 19 heavy (non-hydrogen) atoms. The molecular weight excluding hydrogens is 238 g/mol. The monoisotopic (exact) mass is 261 g/mol. The largest absolute Gasteiger partial charge is 0.389 e. The summed E-state index contributed by atoms with van der Waals surface area (Å²) in [5.41, 5.74) is 0.885. The van der Waals surface area contributed by atoms with Crippen molar-refractivity contribution in [1.82, 2.24) is 9.88 Å². The van der Waals surface area contributed by atoms with Gasteiger partial charge in [0, 0.05) is 38.9 Å². The van der Waals surface area contributed by atoms with Crippen LogP contribution in [0.25, 0.3) is 0 Å². The van der Waals surface area contributed by atoms with Gasteiger partial charge in [-0.05, 0) is 37.3 Å². The van der Waals surface area contributed by atoms with Crippen LogP contribution >= 0.6 is 0 Å². The highest BCUT2D eigenvalue weighted by atomic mass is 16.3. The number of aliphatic hydroxyl groups excluding tert-OH is 1. The zero-order valence-electron chi connectivity index (χ0n) is 11.6. The lowest BCUT2D eigenvalue weighted by Crippen LogP contribution is -2.47. The van der Waals surface area contributed by atoms with Crippen LogP contribution < -0.4 is 4.90 Å². The van der Waals surface area contributed by atoms with Crippen LogP contribution in [0.2, 0.25) is 0 Å². The number of anilines is 1. The number of hydrogen-bond donors (Lipinski definition) is 1. The molecule has 1 aliphatic heterocycles. The molecule has 1 aliphatic carbocycles. The van der Waals surface area contributed by atoms with E-state index in [2.05, 4.69) is 14.8 Å². The second-order valence-corrected chi connectivity index (χ2v) is 5.86. The van der Waals surface area contributed by atoms with Gasteiger partial charge in [0.2, 0.25) is 0 Å². The van der Waals surface area contributed by atoms with Crippen molar-refractivity contribution in [2.45, 2.75) is 25.9 Å². The average Bonchev–Trinajstić information content (AvgIpc) is 3.24. The number of hydrogen-bond acceptors (Lipinski definition) is 4. The van der Waals surface area contributed by atoms with Gasteiger partial charge in [-0.2, -0.15) is 0 Å². The van der Waals surface area contributed by atoms with Crippen molar-refractivity contribution in [3.05, 3.63) is 23.9 Å². The molecule has 1 saturated heterocycles. The minimum atomic E-state index is -0.433. The highest BCUT2D eigenvalue weighted by Crippen LogP contribution is 2.30. The van der Waals surface area contributed by atoms with Crippen molar-refractivity contribution in [2.75, 3.05) is 37.6 Å². The quantitative estimate of drug-likeness (QED) is 0.895. The molecule has 1 saturated carbocycles. The van der Waals surface area contributed by atoms with Crippen LogP contribution in [0.5, 0.6) is 0 Å².